The molecular weight excluding hydrogens is 354 g/mol. The fourth-order valence-electron chi connectivity index (χ4n) is 2.51. The van der Waals surface area contributed by atoms with E-state index in [2.05, 4.69) is 26.0 Å². The van der Waals surface area contributed by atoms with E-state index in [0.717, 1.165) is 29.4 Å². The van der Waals surface area contributed by atoms with Crippen molar-refractivity contribution >= 4 is 31.8 Å². The first-order valence-electron chi connectivity index (χ1n) is 7.11. The number of hydrogen-bond acceptors (Lipinski definition) is 3. The lowest BCUT2D eigenvalue weighted by Gasteiger charge is -2.31. The Bertz CT molecular complexity index is 584. The fraction of sp³-hybridized carbons (Fsp3) is 0.571. The zero-order chi connectivity index (χ0) is 15.5. The van der Waals surface area contributed by atoms with Crippen molar-refractivity contribution in [3.63, 3.8) is 0 Å². The third kappa shape index (κ3) is 4.42. The first-order valence-corrected chi connectivity index (χ1v) is 9.34. The van der Waals surface area contributed by atoms with Crippen molar-refractivity contribution in [1.82, 2.24) is 9.62 Å². The molecule has 1 aromatic carbocycles. The van der Waals surface area contributed by atoms with Crippen LogP contribution >= 0.6 is 15.9 Å². The number of nitrogens with one attached hydrogen (secondary N) is 2. The van der Waals surface area contributed by atoms with E-state index in [1.165, 1.54) is 4.31 Å². The second-order valence-electron chi connectivity index (χ2n) is 5.47. The van der Waals surface area contributed by atoms with Crippen LogP contribution in [0.15, 0.2) is 22.7 Å². The average Bonchev–Trinajstić information content (AvgIpc) is 2.44. The molecule has 0 spiro atoms. The standard InChI is InChI=1S/C14H22BrN3O2S/c1-11-3-4-13(9-14(11)15)17-21(19,20)18-7-5-12(6-8-18)10-16-2/h3-4,9,12,16-17H,5-8,10H2,1-2H3. The monoisotopic (exact) mass is 375 g/mol. The summed E-state index contributed by atoms with van der Waals surface area (Å²) in [5.41, 5.74) is 1.66. The lowest BCUT2D eigenvalue weighted by atomic mass is 9.98. The van der Waals surface area contributed by atoms with Crippen molar-refractivity contribution in [3.05, 3.63) is 28.2 Å². The molecule has 1 aliphatic heterocycles. The SMILES string of the molecule is CNCC1CCN(S(=O)(=O)Nc2ccc(C)c(Br)c2)CC1. The highest BCUT2D eigenvalue weighted by atomic mass is 79.9. The summed E-state index contributed by atoms with van der Waals surface area (Å²) in [4.78, 5) is 0. The number of aryl methyl sites for hydroxylation is 1. The van der Waals surface area contributed by atoms with E-state index >= 15 is 0 Å². The van der Waals surface area contributed by atoms with Gasteiger partial charge in [-0.25, -0.2) is 0 Å². The Morgan fingerprint density at radius 3 is 2.57 bits per heavy atom. The highest BCUT2D eigenvalue weighted by Gasteiger charge is 2.27. The van der Waals surface area contributed by atoms with Crippen molar-refractivity contribution in [2.45, 2.75) is 19.8 Å². The summed E-state index contributed by atoms with van der Waals surface area (Å²) in [6, 6.07) is 5.47. The number of piperidine rings is 1. The van der Waals surface area contributed by atoms with E-state index in [1.807, 2.05) is 20.0 Å². The van der Waals surface area contributed by atoms with Crippen LogP contribution in [0.4, 0.5) is 5.69 Å². The molecule has 0 amide bonds. The predicted molar refractivity (Wildman–Crippen MR) is 89.6 cm³/mol. The normalized spacial score (nSPS) is 17.9. The maximum atomic E-state index is 12.4. The van der Waals surface area contributed by atoms with Crippen LogP contribution in [0.1, 0.15) is 18.4 Å². The van der Waals surface area contributed by atoms with Crippen LogP contribution in [0.3, 0.4) is 0 Å². The third-order valence-corrected chi connectivity index (χ3v) is 6.22. The second-order valence-corrected chi connectivity index (χ2v) is 8.00. The Hall–Kier alpha value is -0.630. The summed E-state index contributed by atoms with van der Waals surface area (Å²) >= 11 is 3.42. The number of halogens is 1. The van der Waals surface area contributed by atoms with Crippen molar-refractivity contribution in [2.24, 2.45) is 5.92 Å². The molecule has 5 nitrogen and oxygen atoms in total. The summed E-state index contributed by atoms with van der Waals surface area (Å²) in [5.74, 6) is 0.565. The minimum atomic E-state index is -3.46. The first-order chi connectivity index (χ1) is 9.92. The van der Waals surface area contributed by atoms with E-state index in [1.54, 1.807) is 12.1 Å². The van der Waals surface area contributed by atoms with Crippen molar-refractivity contribution < 1.29 is 8.42 Å². The molecule has 0 unspecified atom stereocenters. The molecule has 1 heterocycles. The van der Waals surface area contributed by atoms with Gasteiger partial charge in [0, 0.05) is 17.6 Å². The minimum absolute atomic E-state index is 0.565. The summed E-state index contributed by atoms with van der Waals surface area (Å²) in [6.07, 6.45) is 1.80. The highest BCUT2D eigenvalue weighted by Crippen LogP contribution is 2.24. The molecule has 1 saturated heterocycles. The van der Waals surface area contributed by atoms with Crippen LogP contribution in [0.25, 0.3) is 0 Å². The molecule has 0 radical (unpaired) electrons. The van der Waals surface area contributed by atoms with E-state index < -0.39 is 10.2 Å². The van der Waals surface area contributed by atoms with E-state index in [9.17, 15) is 8.42 Å². The molecule has 21 heavy (non-hydrogen) atoms. The molecule has 7 heteroatoms. The number of rotatable bonds is 5. The van der Waals surface area contributed by atoms with Crippen LogP contribution in [0.2, 0.25) is 0 Å². The van der Waals surface area contributed by atoms with Gasteiger partial charge in [0.05, 0.1) is 5.69 Å². The van der Waals surface area contributed by atoms with Crippen molar-refractivity contribution in [1.29, 1.82) is 0 Å². The van der Waals surface area contributed by atoms with Crippen LogP contribution in [0.5, 0.6) is 0 Å². The Morgan fingerprint density at radius 1 is 1.33 bits per heavy atom. The molecular formula is C14H22BrN3O2S. The van der Waals surface area contributed by atoms with Gasteiger partial charge in [-0.05, 0) is 57.0 Å². The summed E-state index contributed by atoms with van der Waals surface area (Å²) < 4.78 is 29.9. The van der Waals surface area contributed by atoms with E-state index in [0.29, 0.717) is 24.7 Å². The van der Waals surface area contributed by atoms with Gasteiger partial charge in [-0.1, -0.05) is 22.0 Å². The Balaban J connectivity index is 2.00. The van der Waals surface area contributed by atoms with Gasteiger partial charge in [0.2, 0.25) is 0 Å². The fourth-order valence-corrected chi connectivity index (χ4v) is 4.14. The van der Waals surface area contributed by atoms with Crippen molar-refractivity contribution in [3.8, 4) is 0 Å². The summed E-state index contributed by atoms with van der Waals surface area (Å²) in [6.45, 7) is 4.07. The molecule has 0 bridgehead atoms. The molecule has 2 N–H and O–H groups in total. The number of benzene rings is 1. The zero-order valence-electron chi connectivity index (χ0n) is 12.4. The predicted octanol–water partition coefficient (Wildman–Crippen LogP) is 2.35. The van der Waals surface area contributed by atoms with Crippen molar-refractivity contribution in [2.75, 3.05) is 31.4 Å². The molecule has 118 valence electrons. The van der Waals surface area contributed by atoms with Gasteiger partial charge in [-0.15, -0.1) is 0 Å². The maximum Gasteiger partial charge on any atom is 0.301 e. The smallest absolute Gasteiger partial charge is 0.301 e. The van der Waals surface area contributed by atoms with Gasteiger partial charge in [-0.3, -0.25) is 4.72 Å². The molecule has 2 rings (SSSR count). The van der Waals surface area contributed by atoms with Crippen LogP contribution in [-0.4, -0.2) is 39.4 Å². The molecule has 1 fully saturated rings. The largest absolute Gasteiger partial charge is 0.319 e. The Morgan fingerprint density at radius 2 is 2.00 bits per heavy atom. The Labute approximate surface area is 135 Å². The summed E-state index contributed by atoms with van der Waals surface area (Å²) in [7, 11) is -1.53. The highest BCUT2D eigenvalue weighted by molar-refractivity contribution is 9.10. The number of anilines is 1. The summed E-state index contributed by atoms with van der Waals surface area (Å²) in [5, 5.41) is 3.15. The first kappa shape index (κ1) is 16.7. The number of nitrogens with zero attached hydrogens (tertiary/aromatic N) is 1. The van der Waals surface area contributed by atoms with Crippen LogP contribution < -0.4 is 10.0 Å². The lowest BCUT2D eigenvalue weighted by molar-refractivity contribution is 0.272. The minimum Gasteiger partial charge on any atom is -0.319 e. The molecule has 0 aliphatic carbocycles. The van der Waals surface area contributed by atoms with Gasteiger partial charge < -0.3 is 5.32 Å². The van der Waals surface area contributed by atoms with Crippen LogP contribution in [-0.2, 0) is 10.2 Å². The average molecular weight is 376 g/mol. The van der Waals surface area contributed by atoms with E-state index in [4.69, 9.17) is 0 Å². The molecule has 1 aromatic rings. The van der Waals surface area contributed by atoms with Gasteiger partial charge in [-0.2, -0.15) is 12.7 Å². The Kier molecular flexibility index (Phi) is 5.65. The molecule has 0 saturated carbocycles. The topological polar surface area (TPSA) is 61.4 Å². The quantitative estimate of drug-likeness (QED) is 0.829. The van der Waals surface area contributed by atoms with Gasteiger partial charge in [0.25, 0.3) is 0 Å². The zero-order valence-corrected chi connectivity index (χ0v) is 14.8. The van der Waals surface area contributed by atoms with Crippen LogP contribution in [0, 0.1) is 12.8 Å². The molecule has 1 aliphatic rings. The van der Waals surface area contributed by atoms with Gasteiger partial charge in [0.15, 0.2) is 0 Å². The lowest BCUT2D eigenvalue weighted by Crippen LogP contribution is -2.43. The second kappa shape index (κ2) is 7.09. The molecule has 0 aromatic heterocycles. The number of hydrogen-bond donors (Lipinski definition) is 2. The molecule has 0 atom stereocenters. The van der Waals surface area contributed by atoms with E-state index in [-0.39, 0.29) is 0 Å². The third-order valence-electron chi connectivity index (χ3n) is 3.82. The maximum absolute atomic E-state index is 12.4. The van der Waals surface area contributed by atoms with Gasteiger partial charge >= 0.3 is 10.2 Å². The van der Waals surface area contributed by atoms with Gasteiger partial charge in [0.1, 0.15) is 0 Å².